The summed E-state index contributed by atoms with van der Waals surface area (Å²) in [4.78, 5) is 0. The van der Waals surface area contributed by atoms with Gasteiger partial charge in [-0.2, -0.15) is 13.2 Å². The monoisotopic (exact) mass is 231 g/mol. The molecule has 1 saturated heterocycles. The van der Waals surface area contributed by atoms with Gasteiger partial charge in [0, 0.05) is 6.04 Å². The van der Waals surface area contributed by atoms with E-state index in [-0.39, 0.29) is 6.10 Å². The van der Waals surface area contributed by atoms with Crippen LogP contribution in [0.5, 0.6) is 0 Å². The molecule has 5 heteroatoms. The Balaban J connectivity index is 1.98. The summed E-state index contributed by atoms with van der Waals surface area (Å²) in [6.45, 7) is 0.403. The molecular weight excluding hydrogens is 219 g/mol. The van der Waals surface area contributed by atoms with Gasteiger partial charge < -0.3 is 4.74 Å². The molecule has 0 radical (unpaired) electrons. The second-order valence-electron chi connectivity index (χ2n) is 3.81. The molecule has 1 aromatic rings. The zero-order valence-corrected chi connectivity index (χ0v) is 8.50. The minimum atomic E-state index is -4.36. The van der Waals surface area contributed by atoms with E-state index in [4.69, 9.17) is 4.74 Å². The van der Waals surface area contributed by atoms with Crippen LogP contribution in [-0.4, -0.2) is 25.1 Å². The Kier molecular flexibility index (Phi) is 3.16. The topological polar surface area (TPSA) is 24.6 Å². The first-order valence-corrected chi connectivity index (χ1v) is 5.04. The zero-order valence-electron chi connectivity index (χ0n) is 8.50. The Hall–Kier alpha value is -1.07. The third-order valence-electron chi connectivity index (χ3n) is 2.46. The van der Waals surface area contributed by atoms with E-state index >= 15 is 0 Å². The fourth-order valence-electron chi connectivity index (χ4n) is 1.64. The average molecular weight is 231 g/mol. The lowest BCUT2D eigenvalue weighted by molar-refractivity contribution is -0.165. The van der Waals surface area contributed by atoms with Crippen LogP contribution in [0.1, 0.15) is 5.56 Å². The number of ether oxygens (including phenoxy) is 1. The van der Waals surface area contributed by atoms with Crippen molar-refractivity contribution in [1.82, 2.24) is 5.32 Å². The van der Waals surface area contributed by atoms with E-state index in [1.165, 1.54) is 0 Å². The fraction of sp³-hybridized carbons (Fsp3) is 0.455. The Labute approximate surface area is 91.4 Å². The molecule has 0 bridgehead atoms. The molecule has 1 aliphatic heterocycles. The summed E-state index contributed by atoms with van der Waals surface area (Å²) in [7, 11) is 0. The van der Waals surface area contributed by atoms with Crippen molar-refractivity contribution in [2.24, 2.45) is 0 Å². The lowest BCUT2D eigenvalue weighted by atomic mass is 10.0. The molecule has 0 amide bonds. The van der Waals surface area contributed by atoms with Gasteiger partial charge in [0.1, 0.15) is 0 Å². The lowest BCUT2D eigenvalue weighted by Crippen LogP contribution is -2.45. The minimum absolute atomic E-state index is 0.318. The number of epoxide rings is 1. The standard InChI is InChI=1S/C11H12F3NO/c12-11(13,14)15-9(10-7-16-10)6-8-4-2-1-3-5-8/h1-5,9-10,15H,6-7H2/t9-,10?/m0/s1. The van der Waals surface area contributed by atoms with Crippen molar-refractivity contribution < 1.29 is 17.9 Å². The minimum Gasteiger partial charge on any atom is -0.371 e. The van der Waals surface area contributed by atoms with Gasteiger partial charge in [0.05, 0.1) is 12.7 Å². The number of nitrogens with one attached hydrogen (secondary N) is 1. The molecule has 2 nitrogen and oxygen atoms in total. The van der Waals surface area contributed by atoms with Gasteiger partial charge in [-0.1, -0.05) is 30.3 Å². The van der Waals surface area contributed by atoms with Crippen molar-refractivity contribution in [1.29, 1.82) is 0 Å². The summed E-state index contributed by atoms with van der Waals surface area (Å²) in [6.07, 6.45) is -4.35. The smallest absolute Gasteiger partial charge is 0.371 e. The summed E-state index contributed by atoms with van der Waals surface area (Å²) in [6, 6.07) is 8.40. The number of halogens is 3. The SMILES string of the molecule is FC(F)(F)N[C@@H](Cc1ccccc1)C1CO1. The second kappa shape index (κ2) is 4.43. The second-order valence-corrected chi connectivity index (χ2v) is 3.81. The highest BCUT2D eigenvalue weighted by molar-refractivity contribution is 5.16. The molecule has 88 valence electrons. The normalized spacial score (nSPS) is 21.8. The van der Waals surface area contributed by atoms with Gasteiger partial charge in [-0.15, -0.1) is 0 Å². The Morgan fingerprint density at radius 3 is 2.44 bits per heavy atom. The van der Waals surface area contributed by atoms with Crippen LogP contribution in [0.15, 0.2) is 30.3 Å². The molecule has 2 atom stereocenters. The quantitative estimate of drug-likeness (QED) is 0.634. The molecule has 0 aliphatic carbocycles. The van der Waals surface area contributed by atoms with E-state index < -0.39 is 12.3 Å². The van der Waals surface area contributed by atoms with Gasteiger partial charge in [0.2, 0.25) is 0 Å². The highest BCUT2D eigenvalue weighted by Crippen LogP contribution is 2.22. The molecule has 2 rings (SSSR count). The molecule has 0 saturated carbocycles. The molecule has 16 heavy (non-hydrogen) atoms. The van der Waals surface area contributed by atoms with E-state index in [9.17, 15) is 13.2 Å². The van der Waals surface area contributed by atoms with Crippen LogP contribution in [0.25, 0.3) is 0 Å². The van der Waals surface area contributed by atoms with Gasteiger partial charge in [0.15, 0.2) is 0 Å². The van der Waals surface area contributed by atoms with Gasteiger partial charge in [-0.05, 0) is 12.0 Å². The van der Waals surface area contributed by atoms with Gasteiger partial charge >= 0.3 is 6.30 Å². The fourth-order valence-corrected chi connectivity index (χ4v) is 1.64. The third-order valence-corrected chi connectivity index (χ3v) is 2.46. The number of benzene rings is 1. The molecule has 1 aromatic carbocycles. The number of hydrogen-bond acceptors (Lipinski definition) is 2. The highest BCUT2D eigenvalue weighted by Gasteiger charge is 2.40. The molecule has 1 fully saturated rings. The maximum absolute atomic E-state index is 12.2. The molecule has 1 heterocycles. The first-order chi connectivity index (χ1) is 7.54. The molecular formula is C11H12F3NO. The van der Waals surface area contributed by atoms with Crippen LogP contribution < -0.4 is 5.32 Å². The maximum Gasteiger partial charge on any atom is 0.457 e. The van der Waals surface area contributed by atoms with Gasteiger partial charge in [-0.25, -0.2) is 5.32 Å². The van der Waals surface area contributed by atoms with Crippen molar-refractivity contribution in [3.8, 4) is 0 Å². The lowest BCUT2D eigenvalue weighted by Gasteiger charge is -2.18. The highest BCUT2D eigenvalue weighted by atomic mass is 19.4. The third kappa shape index (κ3) is 3.50. The number of rotatable bonds is 4. The summed E-state index contributed by atoms with van der Waals surface area (Å²) < 4.78 is 41.6. The van der Waals surface area contributed by atoms with Gasteiger partial charge in [-0.3, -0.25) is 0 Å². The van der Waals surface area contributed by atoms with Gasteiger partial charge in [0.25, 0.3) is 0 Å². The van der Waals surface area contributed by atoms with Crippen molar-refractivity contribution in [2.45, 2.75) is 24.9 Å². The Morgan fingerprint density at radius 1 is 1.31 bits per heavy atom. The molecule has 1 N–H and O–H groups in total. The summed E-state index contributed by atoms with van der Waals surface area (Å²) in [5.41, 5.74) is 0.875. The van der Waals surface area contributed by atoms with Crippen LogP contribution >= 0.6 is 0 Å². The Morgan fingerprint density at radius 2 is 1.94 bits per heavy atom. The largest absolute Gasteiger partial charge is 0.457 e. The number of hydrogen-bond donors (Lipinski definition) is 1. The van der Waals surface area contributed by atoms with E-state index in [2.05, 4.69) is 0 Å². The van der Waals surface area contributed by atoms with Crippen molar-refractivity contribution in [3.63, 3.8) is 0 Å². The van der Waals surface area contributed by atoms with E-state index in [0.29, 0.717) is 13.0 Å². The number of alkyl halides is 3. The summed E-state index contributed by atoms with van der Waals surface area (Å²) in [5, 5.41) is 1.64. The maximum atomic E-state index is 12.2. The van der Waals surface area contributed by atoms with Crippen LogP contribution in [0, 0.1) is 0 Å². The zero-order chi connectivity index (χ0) is 11.6. The van der Waals surface area contributed by atoms with Crippen LogP contribution in [-0.2, 0) is 11.2 Å². The first kappa shape index (κ1) is 11.4. The van der Waals surface area contributed by atoms with E-state index in [1.54, 1.807) is 5.32 Å². The summed E-state index contributed by atoms with van der Waals surface area (Å²) in [5.74, 6) is 0. The van der Waals surface area contributed by atoms with Crippen molar-refractivity contribution >= 4 is 0 Å². The molecule has 1 aliphatic rings. The van der Waals surface area contributed by atoms with Crippen LogP contribution in [0.2, 0.25) is 0 Å². The Bertz CT molecular complexity index is 335. The van der Waals surface area contributed by atoms with Crippen molar-refractivity contribution in [2.75, 3.05) is 6.61 Å². The summed E-state index contributed by atoms with van der Waals surface area (Å²) >= 11 is 0. The van der Waals surface area contributed by atoms with E-state index in [0.717, 1.165) is 5.56 Å². The molecule has 0 spiro atoms. The van der Waals surface area contributed by atoms with Crippen LogP contribution in [0.3, 0.4) is 0 Å². The predicted molar refractivity (Wildman–Crippen MR) is 52.9 cm³/mol. The van der Waals surface area contributed by atoms with Crippen LogP contribution in [0.4, 0.5) is 13.2 Å². The average Bonchev–Trinajstić information content (AvgIpc) is 2.99. The van der Waals surface area contributed by atoms with Crippen molar-refractivity contribution in [3.05, 3.63) is 35.9 Å². The molecule has 1 unspecified atom stereocenters. The van der Waals surface area contributed by atoms with E-state index in [1.807, 2.05) is 30.3 Å². The molecule has 0 aromatic heterocycles. The predicted octanol–water partition coefficient (Wildman–Crippen LogP) is 2.11. The first-order valence-electron chi connectivity index (χ1n) is 5.04.